The summed E-state index contributed by atoms with van der Waals surface area (Å²) < 4.78 is 121. The number of hydrogen-bond acceptors (Lipinski definition) is 6. The van der Waals surface area contributed by atoms with Crippen LogP contribution in [-0.2, 0) is 12.4 Å². The van der Waals surface area contributed by atoms with Crippen LogP contribution in [0.2, 0.25) is 0 Å². The van der Waals surface area contributed by atoms with Crippen LogP contribution in [0, 0.1) is 0 Å². The van der Waals surface area contributed by atoms with Crippen molar-refractivity contribution >= 4 is 5.91 Å². The molecule has 3 aromatic rings. The summed E-state index contributed by atoms with van der Waals surface area (Å²) in [6, 6.07) is -0.344. The second-order valence-corrected chi connectivity index (χ2v) is 7.11. The lowest BCUT2D eigenvalue weighted by atomic mass is 10.0. The average molecular weight is 528 g/mol. The van der Waals surface area contributed by atoms with Crippen molar-refractivity contribution in [2.45, 2.75) is 31.5 Å². The highest BCUT2D eigenvalue weighted by Gasteiger charge is 2.38. The maximum atomic E-state index is 13.1. The molecule has 0 aliphatic heterocycles. The molecule has 0 radical (unpaired) electrons. The molecule has 0 fully saturated rings. The number of nitrogens with one attached hydrogen (secondary N) is 1. The summed E-state index contributed by atoms with van der Waals surface area (Å²) in [5.74, 6) is -2.01. The van der Waals surface area contributed by atoms with Crippen LogP contribution in [0.15, 0.2) is 36.7 Å². The van der Waals surface area contributed by atoms with Crippen LogP contribution in [0.3, 0.4) is 0 Å². The van der Waals surface area contributed by atoms with E-state index in [1.165, 1.54) is 25.4 Å². The number of benzene rings is 1. The first-order valence-corrected chi connectivity index (χ1v) is 9.59. The molecule has 8 nitrogen and oxygen atoms in total. The fraction of sp³-hybridized carbons (Fsp3) is 0.316. The Morgan fingerprint density at radius 1 is 0.972 bits per heavy atom. The van der Waals surface area contributed by atoms with Gasteiger partial charge in [-0.05, 0) is 31.2 Å². The molecule has 1 amide bonds. The topological polar surface area (TPSA) is 94.8 Å². The Labute approximate surface area is 195 Å². The van der Waals surface area contributed by atoms with Gasteiger partial charge in [-0.3, -0.25) is 4.79 Å². The van der Waals surface area contributed by atoms with Gasteiger partial charge in [0.2, 0.25) is 0 Å². The van der Waals surface area contributed by atoms with Gasteiger partial charge in [0.1, 0.15) is 0 Å². The number of aromatic nitrogens is 5. The van der Waals surface area contributed by atoms with Crippen molar-refractivity contribution in [2.75, 3.05) is 6.61 Å². The molecular formula is C19H13F9N6O2. The first-order chi connectivity index (χ1) is 16.5. The quantitative estimate of drug-likeness (QED) is 0.473. The van der Waals surface area contributed by atoms with E-state index < -0.39 is 65.6 Å². The molecule has 1 unspecified atom stereocenters. The van der Waals surface area contributed by atoms with E-state index in [9.17, 15) is 44.3 Å². The minimum absolute atomic E-state index is 0.145. The van der Waals surface area contributed by atoms with E-state index >= 15 is 0 Å². The summed E-state index contributed by atoms with van der Waals surface area (Å²) in [7, 11) is 0. The Morgan fingerprint density at radius 2 is 1.53 bits per heavy atom. The van der Waals surface area contributed by atoms with E-state index in [4.69, 9.17) is 0 Å². The molecule has 0 spiro atoms. The summed E-state index contributed by atoms with van der Waals surface area (Å²) in [5, 5.41) is 5.96. The number of nitrogens with zero attached hydrogens (tertiary/aromatic N) is 5. The van der Waals surface area contributed by atoms with Crippen LogP contribution in [0.25, 0.3) is 5.95 Å². The highest BCUT2D eigenvalue weighted by molar-refractivity contribution is 5.94. The summed E-state index contributed by atoms with van der Waals surface area (Å²) in [6.07, 6.45) is -12.7. The third-order valence-corrected chi connectivity index (χ3v) is 4.29. The van der Waals surface area contributed by atoms with E-state index in [1.807, 2.05) is 0 Å². The van der Waals surface area contributed by atoms with Gasteiger partial charge in [0, 0.05) is 18.0 Å². The van der Waals surface area contributed by atoms with Crippen LogP contribution in [-0.4, -0.2) is 43.4 Å². The van der Waals surface area contributed by atoms with Gasteiger partial charge in [0.15, 0.2) is 12.4 Å². The molecule has 17 heteroatoms. The van der Waals surface area contributed by atoms with Gasteiger partial charge in [-0.1, -0.05) is 0 Å². The Bertz CT molecular complexity index is 1190. The number of hydrogen-bond donors (Lipinski definition) is 1. The van der Waals surface area contributed by atoms with Crippen LogP contribution < -0.4 is 10.1 Å². The zero-order valence-corrected chi connectivity index (χ0v) is 17.7. The molecule has 2 aromatic heterocycles. The molecule has 0 aliphatic carbocycles. The standard InChI is InChI=1S/C19H13F9N6O2/c1-9(31-14(35)10-5-11(18(23,24)25)7-12(6-10)19(26,27)28)13-32-16(36-8-17(20,21)22)34(33-13)15-29-3-2-4-30-15/h2-7,9H,8H2,1H3,(H,31,35). The number of ether oxygens (including phenoxy) is 1. The maximum Gasteiger partial charge on any atom is 0.422 e. The first-order valence-electron chi connectivity index (χ1n) is 9.59. The van der Waals surface area contributed by atoms with Crippen molar-refractivity contribution in [3.63, 3.8) is 0 Å². The van der Waals surface area contributed by atoms with Crippen LogP contribution >= 0.6 is 0 Å². The Morgan fingerprint density at radius 3 is 2.03 bits per heavy atom. The minimum atomic E-state index is -5.18. The fourth-order valence-corrected chi connectivity index (χ4v) is 2.70. The van der Waals surface area contributed by atoms with Gasteiger partial charge in [0.05, 0.1) is 17.2 Å². The lowest BCUT2D eigenvalue weighted by Gasteiger charge is -2.15. The molecule has 0 saturated carbocycles. The van der Waals surface area contributed by atoms with E-state index in [-0.39, 0.29) is 24.1 Å². The molecule has 3 rings (SSSR count). The maximum absolute atomic E-state index is 13.1. The van der Waals surface area contributed by atoms with Crippen LogP contribution in [0.4, 0.5) is 39.5 Å². The summed E-state index contributed by atoms with van der Waals surface area (Å²) in [6.45, 7) is -0.585. The number of rotatable bonds is 6. The molecule has 0 bridgehead atoms. The van der Waals surface area contributed by atoms with Crippen LogP contribution in [0.1, 0.15) is 40.3 Å². The molecule has 2 heterocycles. The van der Waals surface area contributed by atoms with E-state index in [1.54, 1.807) is 0 Å². The molecular weight excluding hydrogens is 515 g/mol. The molecule has 0 saturated heterocycles. The molecule has 36 heavy (non-hydrogen) atoms. The number of alkyl halides is 9. The Balaban J connectivity index is 1.92. The van der Waals surface area contributed by atoms with Crippen molar-refractivity contribution < 1.29 is 49.0 Å². The van der Waals surface area contributed by atoms with Crippen molar-refractivity contribution in [1.29, 1.82) is 0 Å². The lowest BCUT2D eigenvalue weighted by Crippen LogP contribution is -2.28. The zero-order chi connectivity index (χ0) is 26.9. The molecule has 1 atom stereocenters. The third kappa shape index (κ3) is 6.60. The van der Waals surface area contributed by atoms with Gasteiger partial charge in [-0.25, -0.2) is 9.97 Å². The highest BCUT2D eigenvalue weighted by Crippen LogP contribution is 2.36. The van der Waals surface area contributed by atoms with E-state index in [0.29, 0.717) is 4.68 Å². The largest absolute Gasteiger partial charge is 0.454 e. The lowest BCUT2D eigenvalue weighted by molar-refractivity contribution is -0.155. The fourth-order valence-electron chi connectivity index (χ4n) is 2.70. The number of carbonyl (C=O) groups is 1. The van der Waals surface area contributed by atoms with E-state index in [2.05, 4.69) is 30.1 Å². The highest BCUT2D eigenvalue weighted by atomic mass is 19.4. The number of halogens is 9. The van der Waals surface area contributed by atoms with Crippen molar-refractivity contribution in [2.24, 2.45) is 0 Å². The van der Waals surface area contributed by atoms with Crippen molar-refractivity contribution in [1.82, 2.24) is 30.0 Å². The van der Waals surface area contributed by atoms with Gasteiger partial charge in [-0.2, -0.15) is 44.5 Å². The Kier molecular flexibility index (Phi) is 7.13. The molecule has 0 aliphatic rings. The van der Waals surface area contributed by atoms with Gasteiger partial charge >= 0.3 is 24.5 Å². The molecule has 1 N–H and O–H groups in total. The second-order valence-electron chi connectivity index (χ2n) is 7.11. The predicted molar refractivity (Wildman–Crippen MR) is 101 cm³/mol. The average Bonchev–Trinajstić information content (AvgIpc) is 3.21. The van der Waals surface area contributed by atoms with Gasteiger partial charge in [-0.15, -0.1) is 9.78 Å². The van der Waals surface area contributed by atoms with Crippen molar-refractivity contribution in [3.8, 4) is 12.0 Å². The van der Waals surface area contributed by atoms with E-state index in [0.717, 1.165) is 0 Å². The third-order valence-electron chi connectivity index (χ3n) is 4.29. The predicted octanol–water partition coefficient (Wildman–Crippen LogP) is 4.53. The summed E-state index contributed by atoms with van der Waals surface area (Å²) in [4.78, 5) is 23.8. The minimum Gasteiger partial charge on any atom is -0.454 e. The number of amides is 1. The number of carbonyl (C=O) groups excluding carboxylic acids is 1. The summed E-state index contributed by atoms with van der Waals surface area (Å²) in [5.41, 5.74) is -4.38. The Hall–Kier alpha value is -3.92. The molecule has 1 aromatic carbocycles. The zero-order valence-electron chi connectivity index (χ0n) is 17.7. The SMILES string of the molecule is CC(NC(=O)c1cc(C(F)(F)F)cc(C(F)(F)F)c1)c1nc(OCC(F)(F)F)n(-c2ncccn2)n1. The smallest absolute Gasteiger partial charge is 0.422 e. The second kappa shape index (κ2) is 9.62. The summed E-state index contributed by atoms with van der Waals surface area (Å²) >= 11 is 0. The van der Waals surface area contributed by atoms with Gasteiger partial charge in [0.25, 0.3) is 11.9 Å². The molecule has 194 valence electrons. The van der Waals surface area contributed by atoms with Crippen LogP contribution in [0.5, 0.6) is 6.01 Å². The monoisotopic (exact) mass is 528 g/mol. The van der Waals surface area contributed by atoms with Crippen molar-refractivity contribution in [3.05, 3.63) is 59.2 Å². The normalized spacial score (nSPS) is 13.4. The van der Waals surface area contributed by atoms with Gasteiger partial charge < -0.3 is 10.1 Å². The first kappa shape index (κ1) is 26.7.